The van der Waals surface area contributed by atoms with Gasteiger partial charge >= 0.3 is 17.8 Å². The van der Waals surface area contributed by atoms with Gasteiger partial charge in [-0.3, -0.25) is 0 Å². The molecule has 5 rings (SSSR count). The minimum absolute atomic E-state index is 0.239. The zero-order valence-electron chi connectivity index (χ0n) is 20.8. The third kappa shape index (κ3) is 3.90. The highest BCUT2D eigenvalue weighted by Gasteiger charge is 2.80. The first-order chi connectivity index (χ1) is 17.8. The molecule has 0 saturated heterocycles. The Hall–Kier alpha value is -3.04. The minimum atomic E-state index is -5.60. The Balaban J connectivity index is 1.74. The van der Waals surface area contributed by atoms with Gasteiger partial charge in [0.15, 0.2) is 0 Å². The molecule has 0 saturated carbocycles. The van der Waals surface area contributed by atoms with Crippen molar-refractivity contribution in [2.75, 3.05) is 7.11 Å². The molecule has 0 aliphatic heterocycles. The molecular weight excluding hydrogens is 542 g/mol. The molecule has 1 aliphatic rings. The number of ether oxygens (including phenoxy) is 1. The number of rotatable bonds is 5. The highest BCUT2D eigenvalue weighted by molar-refractivity contribution is 7.16. The van der Waals surface area contributed by atoms with Crippen molar-refractivity contribution >= 4 is 33.8 Å². The van der Waals surface area contributed by atoms with E-state index in [9.17, 15) is 8.78 Å². The Kier molecular flexibility index (Phi) is 6.30. The van der Waals surface area contributed by atoms with Crippen molar-refractivity contribution in [3.63, 3.8) is 0 Å². The SMILES string of the molecule is COc1ccc(-c2cc(C3=C(c4cc(-c5ccc(C)cc5)sc4C)C(F)(F)C(F)(F)C3(F)F)c(C)s2)cc1. The summed E-state index contributed by atoms with van der Waals surface area (Å²) < 4.78 is 96.5. The van der Waals surface area contributed by atoms with Crippen LogP contribution >= 0.6 is 22.7 Å². The highest BCUT2D eigenvalue weighted by Crippen LogP contribution is 2.66. The van der Waals surface area contributed by atoms with Crippen molar-refractivity contribution in [3.05, 3.63) is 87.1 Å². The standard InChI is InChI=1S/C29H22F6OS2/c1-15-5-7-18(8-6-15)23-13-21(16(2)37-23)25-26(28(32,33)29(34,35)27(25,30)31)22-14-24(38-17(22)3)19-9-11-20(36-4)12-10-19/h5-14H,1-4H3. The number of alkyl halides is 6. The van der Waals surface area contributed by atoms with Crippen LogP contribution in [-0.4, -0.2) is 24.9 Å². The second-order valence-corrected chi connectivity index (χ2v) is 11.7. The number of hydrogen-bond acceptors (Lipinski definition) is 3. The molecule has 0 atom stereocenters. The summed E-state index contributed by atoms with van der Waals surface area (Å²) in [5.74, 6) is -15.2. The van der Waals surface area contributed by atoms with Crippen LogP contribution in [0, 0.1) is 20.8 Å². The van der Waals surface area contributed by atoms with E-state index >= 15 is 17.6 Å². The lowest BCUT2D eigenvalue weighted by molar-refractivity contribution is -0.254. The van der Waals surface area contributed by atoms with E-state index < -0.39 is 28.9 Å². The maximum absolute atomic E-state index is 15.4. The highest BCUT2D eigenvalue weighted by atomic mass is 32.1. The van der Waals surface area contributed by atoms with Gasteiger partial charge in [-0.2, -0.15) is 26.3 Å². The maximum Gasteiger partial charge on any atom is 0.380 e. The molecule has 0 N–H and O–H groups in total. The first kappa shape index (κ1) is 26.6. The molecule has 0 fully saturated rings. The van der Waals surface area contributed by atoms with E-state index in [0.29, 0.717) is 26.6 Å². The molecule has 2 aromatic carbocycles. The lowest BCUT2D eigenvalue weighted by Gasteiger charge is -2.25. The molecule has 9 heteroatoms. The van der Waals surface area contributed by atoms with Crippen molar-refractivity contribution in [3.8, 4) is 26.6 Å². The van der Waals surface area contributed by atoms with Gasteiger partial charge in [-0.05, 0) is 79.4 Å². The van der Waals surface area contributed by atoms with Gasteiger partial charge in [0.25, 0.3) is 0 Å². The zero-order chi connectivity index (χ0) is 27.6. The third-order valence-corrected chi connectivity index (χ3v) is 8.95. The lowest BCUT2D eigenvalue weighted by Crippen LogP contribution is -2.48. The monoisotopic (exact) mass is 564 g/mol. The average Bonchev–Trinajstić information content (AvgIpc) is 3.46. The van der Waals surface area contributed by atoms with Gasteiger partial charge in [0, 0.05) is 30.7 Å². The van der Waals surface area contributed by atoms with Crippen LogP contribution in [0.15, 0.2) is 60.7 Å². The molecule has 0 unspecified atom stereocenters. The van der Waals surface area contributed by atoms with Crippen LogP contribution in [0.25, 0.3) is 32.0 Å². The van der Waals surface area contributed by atoms with Crippen LogP contribution in [-0.2, 0) is 0 Å². The van der Waals surface area contributed by atoms with E-state index in [2.05, 4.69) is 0 Å². The summed E-state index contributed by atoms with van der Waals surface area (Å²) in [6, 6.07) is 16.5. The van der Waals surface area contributed by atoms with Crippen molar-refractivity contribution in [2.24, 2.45) is 0 Å². The summed E-state index contributed by atoms with van der Waals surface area (Å²) in [4.78, 5) is 1.51. The molecule has 2 aromatic heterocycles. The fourth-order valence-electron chi connectivity index (χ4n) is 4.65. The zero-order valence-corrected chi connectivity index (χ0v) is 22.4. The van der Waals surface area contributed by atoms with Crippen LogP contribution in [0.2, 0.25) is 0 Å². The maximum atomic E-state index is 15.4. The van der Waals surface area contributed by atoms with Crippen LogP contribution in [0.4, 0.5) is 26.3 Å². The van der Waals surface area contributed by atoms with Crippen molar-refractivity contribution in [1.29, 1.82) is 0 Å². The molecule has 1 nitrogen and oxygen atoms in total. The predicted octanol–water partition coefficient (Wildman–Crippen LogP) is 9.91. The third-order valence-electron chi connectivity index (χ3n) is 6.75. The Morgan fingerprint density at radius 3 is 1.39 bits per heavy atom. The molecule has 198 valence electrons. The number of thiophene rings is 2. The average molecular weight is 565 g/mol. The van der Waals surface area contributed by atoms with E-state index in [-0.39, 0.29) is 20.9 Å². The molecule has 1 aliphatic carbocycles. The Bertz CT molecular complexity index is 1540. The first-order valence-electron chi connectivity index (χ1n) is 11.6. The largest absolute Gasteiger partial charge is 0.497 e. The quantitative estimate of drug-likeness (QED) is 0.219. The van der Waals surface area contributed by atoms with E-state index in [1.54, 1.807) is 36.4 Å². The van der Waals surface area contributed by atoms with Crippen LogP contribution in [0.1, 0.15) is 26.4 Å². The summed E-state index contributed by atoms with van der Waals surface area (Å²) in [6.07, 6.45) is 0. The Morgan fingerprint density at radius 2 is 1.00 bits per heavy atom. The van der Waals surface area contributed by atoms with Gasteiger partial charge in [-0.1, -0.05) is 29.8 Å². The van der Waals surface area contributed by atoms with Crippen molar-refractivity contribution < 1.29 is 31.1 Å². The molecule has 0 radical (unpaired) electrons. The summed E-state index contributed by atoms with van der Waals surface area (Å²) in [5.41, 5.74) is -0.946. The van der Waals surface area contributed by atoms with Gasteiger partial charge in [-0.25, -0.2) is 0 Å². The molecule has 2 heterocycles. The molecule has 0 bridgehead atoms. The predicted molar refractivity (Wildman–Crippen MR) is 142 cm³/mol. The number of halogens is 6. The summed E-state index contributed by atoms with van der Waals surface area (Å²) in [5, 5.41) is 0. The molecule has 38 heavy (non-hydrogen) atoms. The number of aryl methyl sites for hydroxylation is 3. The van der Waals surface area contributed by atoms with Crippen LogP contribution < -0.4 is 4.74 Å². The molecule has 0 amide bonds. The number of hydrogen-bond donors (Lipinski definition) is 0. The van der Waals surface area contributed by atoms with Crippen molar-refractivity contribution in [1.82, 2.24) is 0 Å². The molecule has 0 spiro atoms. The molecule has 4 aromatic rings. The van der Waals surface area contributed by atoms with Gasteiger partial charge < -0.3 is 4.74 Å². The van der Waals surface area contributed by atoms with Crippen molar-refractivity contribution in [2.45, 2.75) is 38.5 Å². The summed E-state index contributed by atoms with van der Waals surface area (Å²) >= 11 is 2.18. The van der Waals surface area contributed by atoms with Gasteiger partial charge in [0.2, 0.25) is 0 Å². The number of allylic oxidation sites excluding steroid dienone is 2. The van der Waals surface area contributed by atoms with E-state index in [1.165, 1.54) is 33.1 Å². The van der Waals surface area contributed by atoms with Crippen LogP contribution in [0.5, 0.6) is 5.75 Å². The lowest BCUT2D eigenvalue weighted by atomic mass is 9.94. The number of benzene rings is 2. The Labute approximate surface area is 224 Å². The second kappa shape index (κ2) is 9.02. The summed E-state index contributed by atoms with van der Waals surface area (Å²) in [6.45, 7) is 4.84. The topological polar surface area (TPSA) is 9.23 Å². The second-order valence-electron chi connectivity index (χ2n) is 9.23. The number of methoxy groups -OCH3 is 1. The smallest absolute Gasteiger partial charge is 0.380 e. The van der Waals surface area contributed by atoms with Gasteiger partial charge in [0.05, 0.1) is 7.11 Å². The van der Waals surface area contributed by atoms with Gasteiger partial charge in [0.1, 0.15) is 5.75 Å². The fraction of sp³-hybridized carbons (Fsp3) is 0.241. The first-order valence-corrected chi connectivity index (χ1v) is 13.2. The van der Waals surface area contributed by atoms with E-state index in [4.69, 9.17) is 4.74 Å². The molecular formula is C29H22F6OS2. The fourth-order valence-corrected chi connectivity index (χ4v) is 6.71. The van der Waals surface area contributed by atoms with Crippen LogP contribution in [0.3, 0.4) is 0 Å². The van der Waals surface area contributed by atoms with Gasteiger partial charge in [-0.15, -0.1) is 22.7 Å². The normalized spacial score (nSPS) is 17.7. The summed E-state index contributed by atoms with van der Waals surface area (Å²) in [7, 11) is 1.50. The van der Waals surface area contributed by atoms with E-state index in [1.807, 2.05) is 19.1 Å². The van der Waals surface area contributed by atoms with E-state index in [0.717, 1.165) is 28.2 Å². The minimum Gasteiger partial charge on any atom is -0.497 e. The Morgan fingerprint density at radius 1 is 0.605 bits per heavy atom.